The summed E-state index contributed by atoms with van der Waals surface area (Å²) >= 11 is 6.36. The predicted octanol–water partition coefficient (Wildman–Crippen LogP) is 3.08. The van der Waals surface area contributed by atoms with Gasteiger partial charge in [0, 0.05) is 11.8 Å². The van der Waals surface area contributed by atoms with Gasteiger partial charge in [-0.25, -0.2) is 0 Å². The summed E-state index contributed by atoms with van der Waals surface area (Å²) in [4.78, 5) is 24.7. The Morgan fingerprint density at radius 3 is 2.58 bits per heavy atom. The highest BCUT2D eigenvalue weighted by atomic mass is 32.2. The van der Waals surface area contributed by atoms with Gasteiger partial charge in [-0.2, -0.15) is 0 Å². The van der Waals surface area contributed by atoms with Crippen LogP contribution in [0.25, 0.3) is 6.08 Å². The molecule has 1 aliphatic heterocycles. The van der Waals surface area contributed by atoms with E-state index in [2.05, 4.69) is 0 Å². The molecule has 1 heterocycles. The van der Waals surface area contributed by atoms with E-state index < -0.39 is 16.4 Å². The molecule has 9 heteroatoms. The number of benzene rings is 2. The third-order valence-corrected chi connectivity index (χ3v) is 4.88. The maximum absolute atomic E-state index is 12.7. The molecule has 2 aromatic carbocycles. The van der Waals surface area contributed by atoms with Crippen LogP contribution in [0.3, 0.4) is 0 Å². The molecule has 0 aliphatic carbocycles. The minimum atomic E-state index is -0.813. The Labute approximate surface area is 158 Å². The quantitative estimate of drug-likeness (QED) is 0.344. The van der Waals surface area contributed by atoms with E-state index in [4.69, 9.17) is 17.0 Å². The minimum Gasteiger partial charge on any atom is -0.865 e. The first-order chi connectivity index (χ1) is 12.4. The van der Waals surface area contributed by atoms with Gasteiger partial charge in [0.1, 0.15) is 5.75 Å². The molecule has 0 saturated carbocycles. The van der Waals surface area contributed by atoms with Gasteiger partial charge in [-0.15, -0.1) is 0 Å². The van der Waals surface area contributed by atoms with Crippen molar-refractivity contribution in [3.8, 4) is 11.5 Å². The summed E-state index contributed by atoms with van der Waals surface area (Å²) in [6.07, 6.45) is 1.46. The number of hydrogen-bond acceptors (Lipinski definition) is 7. The lowest BCUT2D eigenvalue weighted by atomic mass is 10.1. The predicted molar refractivity (Wildman–Crippen MR) is 101 cm³/mol. The molecule has 1 amide bonds. The zero-order valence-electron chi connectivity index (χ0n) is 13.4. The van der Waals surface area contributed by atoms with Gasteiger partial charge >= 0.3 is 0 Å². The SMILES string of the molecule is COc1cc(/C=C2/SC(=S)N(c3ccccc3)C2=O)cc([N+](=O)[O-])c1[O-]. The van der Waals surface area contributed by atoms with Crippen molar-refractivity contribution in [2.75, 3.05) is 12.0 Å². The molecular formula is C17H11N2O5S2-. The van der Waals surface area contributed by atoms with Crippen LogP contribution in [0.2, 0.25) is 0 Å². The molecule has 0 unspecified atom stereocenters. The number of thioether (sulfide) groups is 1. The summed E-state index contributed by atoms with van der Waals surface area (Å²) in [7, 11) is 1.25. The number of thiocarbonyl (C=S) groups is 1. The second kappa shape index (κ2) is 7.14. The highest BCUT2D eigenvalue weighted by Crippen LogP contribution is 2.39. The Hall–Kier alpha value is -2.91. The third kappa shape index (κ3) is 3.26. The molecule has 7 nitrogen and oxygen atoms in total. The van der Waals surface area contributed by atoms with Crippen LogP contribution in [0, 0.1) is 10.1 Å². The molecule has 132 valence electrons. The van der Waals surface area contributed by atoms with Gasteiger partial charge in [0.25, 0.3) is 11.6 Å². The Kier molecular flexibility index (Phi) is 4.92. The number of carbonyl (C=O) groups is 1. The number of rotatable bonds is 4. The molecule has 0 radical (unpaired) electrons. The van der Waals surface area contributed by atoms with E-state index in [-0.39, 0.29) is 11.7 Å². The molecule has 0 spiro atoms. The fourth-order valence-electron chi connectivity index (χ4n) is 2.40. The number of hydrogen-bond donors (Lipinski definition) is 0. The summed E-state index contributed by atoms with van der Waals surface area (Å²) in [5.41, 5.74) is 0.327. The molecule has 0 aromatic heterocycles. The minimum absolute atomic E-state index is 0.163. The molecule has 26 heavy (non-hydrogen) atoms. The second-order valence-electron chi connectivity index (χ2n) is 5.18. The van der Waals surface area contributed by atoms with Gasteiger partial charge in [-0.05, 0) is 29.8 Å². The molecule has 1 aliphatic rings. The van der Waals surface area contributed by atoms with Crippen LogP contribution in [0.5, 0.6) is 11.5 Å². The van der Waals surface area contributed by atoms with Gasteiger partial charge < -0.3 is 9.84 Å². The highest BCUT2D eigenvalue weighted by molar-refractivity contribution is 8.27. The van der Waals surface area contributed by atoms with Crippen molar-refractivity contribution in [3.63, 3.8) is 0 Å². The summed E-state index contributed by atoms with van der Waals surface area (Å²) in [6.45, 7) is 0. The van der Waals surface area contributed by atoms with E-state index in [9.17, 15) is 20.0 Å². The Balaban J connectivity index is 2.01. The number of amides is 1. The summed E-state index contributed by atoms with van der Waals surface area (Å²) in [5, 5.41) is 23.0. The topological polar surface area (TPSA) is 95.7 Å². The van der Waals surface area contributed by atoms with Crippen LogP contribution in [0.15, 0.2) is 47.4 Å². The zero-order chi connectivity index (χ0) is 18.8. The van der Waals surface area contributed by atoms with Crippen molar-refractivity contribution in [2.24, 2.45) is 0 Å². The van der Waals surface area contributed by atoms with Gasteiger partial charge in [-0.1, -0.05) is 42.2 Å². The smallest absolute Gasteiger partial charge is 0.270 e. The molecular weight excluding hydrogens is 376 g/mol. The van der Waals surface area contributed by atoms with Crippen molar-refractivity contribution in [2.45, 2.75) is 0 Å². The van der Waals surface area contributed by atoms with Crippen molar-refractivity contribution in [3.05, 3.63) is 63.0 Å². The normalized spacial score (nSPS) is 15.6. The first kappa shape index (κ1) is 17.9. The van der Waals surface area contributed by atoms with E-state index in [1.165, 1.54) is 24.2 Å². The van der Waals surface area contributed by atoms with Gasteiger partial charge in [0.15, 0.2) is 4.32 Å². The number of nitro groups is 1. The Morgan fingerprint density at radius 1 is 1.27 bits per heavy atom. The summed E-state index contributed by atoms with van der Waals surface area (Å²) in [6, 6.07) is 11.4. The average molecular weight is 387 g/mol. The van der Waals surface area contributed by atoms with Gasteiger partial charge in [0.2, 0.25) is 0 Å². The van der Waals surface area contributed by atoms with Crippen molar-refractivity contribution in [1.82, 2.24) is 0 Å². The zero-order valence-corrected chi connectivity index (χ0v) is 15.0. The number of carbonyl (C=O) groups excluding carboxylic acids is 1. The average Bonchev–Trinajstić information content (AvgIpc) is 2.90. The third-order valence-electron chi connectivity index (χ3n) is 3.58. The molecule has 0 atom stereocenters. The van der Waals surface area contributed by atoms with Crippen LogP contribution in [-0.4, -0.2) is 22.3 Å². The van der Waals surface area contributed by atoms with E-state index in [0.717, 1.165) is 17.8 Å². The van der Waals surface area contributed by atoms with Crippen LogP contribution < -0.4 is 14.7 Å². The van der Waals surface area contributed by atoms with E-state index >= 15 is 0 Å². The first-order valence-corrected chi connectivity index (χ1v) is 8.51. The standard InChI is InChI=1S/C17H12N2O5S2/c1-24-13-8-10(7-12(15(13)20)19(22)23)9-14-16(21)18(17(25)26-14)11-5-3-2-4-6-11/h2-9,20H,1H3/p-1/b14-9+. The summed E-state index contributed by atoms with van der Waals surface area (Å²) < 4.78 is 5.26. The number of nitro benzene ring substituents is 1. The Bertz CT molecular complexity index is 944. The lowest BCUT2D eigenvalue weighted by molar-refractivity contribution is -0.398. The molecule has 3 rings (SSSR count). The molecule has 0 bridgehead atoms. The van der Waals surface area contributed by atoms with Crippen molar-refractivity contribution >= 4 is 51.7 Å². The monoisotopic (exact) mass is 387 g/mol. The fraction of sp³-hybridized carbons (Fsp3) is 0.0588. The maximum Gasteiger partial charge on any atom is 0.270 e. The maximum atomic E-state index is 12.7. The summed E-state index contributed by atoms with van der Waals surface area (Å²) in [5.74, 6) is -1.31. The second-order valence-corrected chi connectivity index (χ2v) is 6.86. The molecule has 1 fully saturated rings. The molecule has 1 saturated heterocycles. The number of methoxy groups -OCH3 is 1. The van der Waals surface area contributed by atoms with Crippen LogP contribution in [0.1, 0.15) is 5.56 Å². The highest BCUT2D eigenvalue weighted by Gasteiger charge is 2.33. The van der Waals surface area contributed by atoms with Gasteiger partial charge in [-0.3, -0.25) is 19.8 Å². The first-order valence-electron chi connectivity index (χ1n) is 7.29. The van der Waals surface area contributed by atoms with Crippen LogP contribution in [0.4, 0.5) is 11.4 Å². The fourth-order valence-corrected chi connectivity index (χ4v) is 3.70. The number of anilines is 1. The molecule has 2 aromatic rings. The van der Waals surface area contributed by atoms with Gasteiger partial charge in [0.05, 0.1) is 22.6 Å². The number of nitrogens with zero attached hydrogens (tertiary/aromatic N) is 2. The largest absolute Gasteiger partial charge is 0.865 e. The number of para-hydroxylation sites is 1. The van der Waals surface area contributed by atoms with Crippen LogP contribution in [-0.2, 0) is 4.79 Å². The van der Waals surface area contributed by atoms with E-state index in [0.29, 0.717) is 20.5 Å². The van der Waals surface area contributed by atoms with Crippen molar-refractivity contribution < 1.29 is 19.6 Å². The number of ether oxygens (including phenoxy) is 1. The van der Waals surface area contributed by atoms with Crippen molar-refractivity contribution in [1.29, 1.82) is 0 Å². The van der Waals surface area contributed by atoms with E-state index in [1.807, 2.05) is 6.07 Å². The van der Waals surface area contributed by atoms with E-state index in [1.54, 1.807) is 24.3 Å². The van der Waals surface area contributed by atoms with Crippen LogP contribution >= 0.6 is 24.0 Å². The molecule has 0 N–H and O–H groups in total. The lowest BCUT2D eigenvalue weighted by Crippen LogP contribution is -2.27. The lowest BCUT2D eigenvalue weighted by Gasteiger charge is -2.14. The Morgan fingerprint density at radius 2 is 1.96 bits per heavy atom.